The van der Waals surface area contributed by atoms with Gasteiger partial charge in [-0.05, 0) is 49.8 Å². The van der Waals surface area contributed by atoms with Crippen LogP contribution in [-0.2, 0) is 4.79 Å². The summed E-state index contributed by atoms with van der Waals surface area (Å²) < 4.78 is 13.0. The fourth-order valence-corrected chi connectivity index (χ4v) is 2.57. The molecule has 0 aromatic heterocycles. The Morgan fingerprint density at radius 3 is 2.67 bits per heavy atom. The van der Waals surface area contributed by atoms with Crippen LogP contribution in [0.1, 0.15) is 32.1 Å². The highest BCUT2D eigenvalue weighted by Gasteiger charge is 2.22. The largest absolute Gasteiger partial charge is 0.481 e. The Labute approximate surface area is 106 Å². The van der Waals surface area contributed by atoms with Crippen molar-refractivity contribution in [3.8, 4) is 0 Å². The molecule has 0 bridgehead atoms. The predicted molar refractivity (Wildman–Crippen MR) is 68.0 cm³/mol. The highest BCUT2D eigenvalue weighted by molar-refractivity contribution is 5.67. The zero-order valence-corrected chi connectivity index (χ0v) is 10.2. The van der Waals surface area contributed by atoms with Gasteiger partial charge < -0.3 is 10.4 Å². The number of anilines is 1. The molecule has 3 nitrogen and oxygen atoms in total. The normalized spacial score (nSPS) is 23.6. The van der Waals surface area contributed by atoms with E-state index in [9.17, 15) is 9.18 Å². The van der Waals surface area contributed by atoms with E-state index in [4.69, 9.17) is 5.11 Å². The molecule has 2 N–H and O–H groups in total. The van der Waals surface area contributed by atoms with E-state index in [1.807, 2.05) is 6.07 Å². The number of halogens is 1. The highest BCUT2D eigenvalue weighted by atomic mass is 19.1. The molecule has 0 spiro atoms. The van der Waals surface area contributed by atoms with Gasteiger partial charge in [-0.25, -0.2) is 4.39 Å². The summed E-state index contributed by atoms with van der Waals surface area (Å²) in [4.78, 5) is 10.6. The quantitative estimate of drug-likeness (QED) is 0.863. The first-order valence-electron chi connectivity index (χ1n) is 6.37. The maximum absolute atomic E-state index is 13.0. The molecule has 1 aliphatic carbocycles. The van der Waals surface area contributed by atoms with Gasteiger partial charge in [-0.15, -0.1) is 0 Å². The third-order valence-electron chi connectivity index (χ3n) is 3.51. The lowest BCUT2D eigenvalue weighted by Crippen LogP contribution is -2.27. The minimum absolute atomic E-state index is 0.237. The molecule has 0 saturated heterocycles. The van der Waals surface area contributed by atoms with Crippen LogP contribution >= 0.6 is 0 Å². The molecule has 18 heavy (non-hydrogen) atoms. The predicted octanol–water partition coefficient (Wildman–Crippen LogP) is 3.27. The van der Waals surface area contributed by atoms with Crippen LogP contribution in [0.2, 0.25) is 0 Å². The standard InChI is InChI=1S/C14H18FNO2/c15-11-2-1-3-13(9-11)16-12-6-4-10(5-7-12)8-14(17)18/h1-3,9-10,12,16H,4-8H2,(H,17,18). The number of benzene rings is 1. The number of nitrogens with one attached hydrogen (secondary N) is 1. The van der Waals surface area contributed by atoms with Crippen LogP contribution in [0.15, 0.2) is 24.3 Å². The molecule has 0 heterocycles. The van der Waals surface area contributed by atoms with Crippen LogP contribution in [-0.4, -0.2) is 17.1 Å². The fraction of sp³-hybridized carbons (Fsp3) is 0.500. The molecule has 0 unspecified atom stereocenters. The van der Waals surface area contributed by atoms with Crippen LogP contribution in [0.25, 0.3) is 0 Å². The smallest absolute Gasteiger partial charge is 0.303 e. The van der Waals surface area contributed by atoms with Crippen LogP contribution < -0.4 is 5.32 Å². The van der Waals surface area contributed by atoms with Crippen molar-refractivity contribution in [2.45, 2.75) is 38.1 Å². The van der Waals surface area contributed by atoms with Crippen molar-refractivity contribution < 1.29 is 14.3 Å². The number of carbonyl (C=O) groups is 1. The number of hydrogen-bond acceptors (Lipinski definition) is 2. The highest BCUT2D eigenvalue weighted by Crippen LogP contribution is 2.28. The van der Waals surface area contributed by atoms with Crippen molar-refractivity contribution in [3.63, 3.8) is 0 Å². The van der Waals surface area contributed by atoms with Gasteiger partial charge in [0.15, 0.2) is 0 Å². The molecule has 1 fully saturated rings. The van der Waals surface area contributed by atoms with E-state index in [1.54, 1.807) is 6.07 Å². The van der Waals surface area contributed by atoms with Gasteiger partial charge in [-0.1, -0.05) is 6.07 Å². The molecular weight excluding hydrogens is 233 g/mol. The maximum Gasteiger partial charge on any atom is 0.303 e. The van der Waals surface area contributed by atoms with Crippen molar-refractivity contribution >= 4 is 11.7 Å². The third kappa shape index (κ3) is 3.72. The molecule has 2 rings (SSSR count). The first-order valence-corrected chi connectivity index (χ1v) is 6.37. The molecule has 0 aliphatic heterocycles. The Morgan fingerprint density at radius 1 is 1.33 bits per heavy atom. The second kappa shape index (κ2) is 5.85. The van der Waals surface area contributed by atoms with Crippen molar-refractivity contribution in [1.29, 1.82) is 0 Å². The summed E-state index contributed by atoms with van der Waals surface area (Å²) >= 11 is 0. The topological polar surface area (TPSA) is 49.3 Å². The van der Waals surface area contributed by atoms with Crippen molar-refractivity contribution in [1.82, 2.24) is 0 Å². The molecule has 0 atom stereocenters. The molecule has 0 radical (unpaired) electrons. The molecule has 1 saturated carbocycles. The molecule has 1 aromatic rings. The van der Waals surface area contributed by atoms with E-state index in [-0.39, 0.29) is 12.2 Å². The third-order valence-corrected chi connectivity index (χ3v) is 3.51. The number of hydrogen-bond donors (Lipinski definition) is 2. The Morgan fingerprint density at radius 2 is 2.06 bits per heavy atom. The molecule has 1 aromatic carbocycles. The van der Waals surface area contributed by atoms with Gasteiger partial charge in [-0.2, -0.15) is 0 Å². The van der Waals surface area contributed by atoms with Gasteiger partial charge in [0.05, 0.1) is 0 Å². The minimum atomic E-state index is -0.712. The number of carboxylic acid groups (broad SMARTS) is 1. The summed E-state index contributed by atoms with van der Waals surface area (Å²) in [7, 11) is 0. The van der Waals surface area contributed by atoms with Crippen LogP contribution in [0, 0.1) is 11.7 Å². The number of carboxylic acids is 1. The fourth-order valence-electron chi connectivity index (χ4n) is 2.57. The number of rotatable bonds is 4. The summed E-state index contributed by atoms with van der Waals surface area (Å²) in [5, 5.41) is 12.0. The summed E-state index contributed by atoms with van der Waals surface area (Å²) in [6.07, 6.45) is 4.04. The average Bonchev–Trinajstić information content (AvgIpc) is 2.31. The van der Waals surface area contributed by atoms with E-state index in [0.29, 0.717) is 12.0 Å². The van der Waals surface area contributed by atoms with E-state index in [0.717, 1.165) is 31.4 Å². The minimum Gasteiger partial charge on any atom is -0.481 e. The Hall–Kier alpha value is -1.58. The lowest BCUT2D eigenvalue weighted by molar-refractivity contribution is -0.138. The summed E-state index contributed by atoms with van der Waals surface area (Å²) in [6, 6.07) is 6.79. The van der Waals surface area contributed by atoms with E-state index >= 15 is 0 Å². The van der Waals surface area contributed by atoms with E-state index < -0.39 is 5.97 Å². The summed E-state index contributed by atoms with van der Waals surface area (Å²) in [6.45, 7) is 0. The van der Waals surface area contributed by atoms with Gasteiger partial charge in [0.2, 0.25) is 0 Å². The van der Waals surface area contributed by atoms with Gasteiger partial charge in [-0.3, -0.25) is 4.79 Å². The number of aliphatic carboxylic acids is 1. The second-order valence-corrected chi connectivity index (χ2v) is 4.97. The van der Waals surface area contributed by atoms with Gasteiger partial charge in [0.25, 0.3) is 0 Å². The monoisotopic (exact) mass is 251 g/mol. The zero-order chi connectivity index (χ0) is 13.0. The van der Waals surface area contributed by atoms with Gasteiger partial charge >= 0.3 is 5.97 Å². The zero-order valence-electron chi connectivity index (χ0n) is 10.2. The molecular formula is C14H18FNO2. The Bertz CT molecular complexity index is 414. The first-order chi connectivity index (χ1) is 8.63. The second-order valence-electron chi connectivity index (χ2n) is 4.97. The maximum atomic E-state index is 13.0. The average molecular weight is 251 g/mol. The van der Waals surface area contributed by atoms with Crippen LogP contribution in [0.4, 0.5) is 10.1 Å². The summed E-state index contributed by atoms with van der Waals surface area (Å²) in [5.74, 6) is -0.649. The van der Waals surface area contributed by atoms with Crippen LogP contribution in [0.5, 0.6) is 0 Å². The van der Waals surface area contributed by atoms with E-state index in [1.165, 1.54) is 12.1 Å². The Balaban J connectivity index is 1.81. The van der Waals surface area contributed by atoms with Crippen molar-refractivity contribution in [2.24, 2.45) is 5.92 Å². The summed E-state index contributed by atoms with van der Waals surface area (Å²) in [5.41, 5.74) is 0.802. The van der Waals surface area contributed by atoms with Crippen LogP contribution in [0.3, 0.4) is 0 Å². The molecule has 4 heteroatoms. The Kier molecular flexibility index (Phi) is 4.18. The van der Waals surface area contributed by atoms with Crippen molar-refractivity contribution in [3.05, 3.63) is 30.1 Å². The van der Waals surface area contributed by atoms with E-state index in [2.05, 4.69) is 5.32 Å². The van der Waals surface area contributed by atoms with Gasteiger partial charge in [0.1, 0.15) is 5.82 Å². The molecule has 0 amide bonds. The SMILES string of the molecule is O=C(O)CC1CCC(Nc2cccc(F)c2)CC1. The first kappa shape index (κ1) is 12.9. The lowest BCUT2D eigenvalue weighted by atomic mass is 9.84. The van der Waals surface area contributed by atoms with Crippen molar-refractivity contribution in [2.75, 3.05) is 5.32 Å². The van der Waals surface area contributed by atoms with Gasteiger partial charge in [0, 0.05) is 18.2 Å². The lowest BCUT2D eigenvalue weighted by Gasteiger charge is -2.29. The molecule has 98 valence electrons. The molecule has 1 aliphatic rings.